The van der Waals surface area contributed by atoms with Gasteiger partial charge in [-0.3, -0.25) is 9.59 Å². The predicted octanol–water partition coefficient (Wildman–Crippen LogP) is -0.0544. The monoisotopic (exact) mass is 306 g/mol. The van der Waals surface area contributed by atoms with Crippen molar-refractivity contribution < 1.29 is 14.5 Å². The summed E-state index contributed by atoms with van der Waals surface area (Å²) in [6.45, 7) is 7.14. The number of likely N-dealkylation sites (N-methyl/N-ethyl adjacent to an activating group) is 1. The molecule has 0 aliphatic carbocycles. The molecule has 2 amide bonds. The first-order valence-electron chi connectivity index (χ1n) is 7.80. The third-order valence-electron chi connectivity index (χ3n) is 3.35. The number of hydrogen-bond acceptors (Lipinski definition) is 2. The summed E-state index contributed by atoms with van der Waals surface area (Å²) in [6.07, 6.45) is 0. The van der Waals surface area contributed by atoms with Crippen LogP contribution in [0.25, 0.3) is 0 Å². The smallest absolute Gasteiger partial charge is 0.275 e. The molecule has 0 radical (unpaired) electrons. The van der Waals surface area contributed by atoms with Crippen molar-refractivity contribution in [1.29, 1.82) is 0 Å². The molecule has 0 saturated heterocycles. The van der Waals surface area contributed by atoms with Crippen LogP contribution in [0.1, 0.15) is 32.3 Å². The SMILES string of the molecule is CC(C)NC(=O)C[NH+](C)CC(=O)NC[C@@H](C)c1ccccc1. The minimum absolute atomic E-state index is 0.0297. The summed E-state index contributed by atoms with van der Waals surface area (Å²) >= 11 is 0. The van der Waals surface area contributed by atoms with E-state index in [2.05, 4.69) is 29.7 Å². The Balaban J connectivity index is 2.29. The van der Waals surface area contributed by atoms with E-state index in [-0.39, 0.29) is 23.8 Å². The van der Waals surface area contributed by atoms with Gasteiger partial charge in [-0.25, -0.2) is 0 Å². The number of carbonyl (C=O) groups is 2. The first-order valence-corrected chi connectivity index (χ1v) is 7.80. The number of benzene rings is 1. The number of nitrogens with one attached hydrogen (secondary N) is 3. The fourth-order valence-electron chi connectivity index (χ4n) is 2.21. The Morgan fingerprint density at radius 2 is 1.64 bits per heavy atom. The Morgan fingerprint density at radius 3 is 2.23 bits per heavy atom. The summed E-state index contributed by atoms with van der Waals surface area (Å²) in [7, 11) is 1.85. The topological polar surface area (TPSA) is 62.6 Å². The zero-order valence-electron chi connectivity index (χ0n) is 14.0. The molecule has 3 N–H and O–H groups in total. The van der Waals surface area contributed by atoms with Gasteiger partial charge in [0.15, 0.2) is 13.1 Å². The van der Waals surface area contributed by atoms with Gasteiger partial charge < -0.3 is 15.5 Å². The van der Waals surface area contributed by atoms with Crippen LogP contribution in [0, 0.1) is 0 Å². The van der Waals surface area contributed by atoms with Crippen LogP contribution in [0.15, 0.2) is 30.3 Å². The van der Waals surface area contributed by atoms with Gasteiger partial charge in [-0.15, -0.1) is 0 Å². The number of carbonyl (C=O) groups excluding carboxylic acids is 2. The van der Waals surface area contributed by atoms with Gasteiger partial charge in [0.05, 0.1) is 7.05 Å². The summed E-state index contributed by atoms with van der Waals surface area (Å²) in [5.74, 6) is 0.213. The third kappa shape index (κ3) is 7.22. The lowest BCUT2D eigenvalue weighted by molar-refractivity contribution is -0.862. The minimum Gasteiger partial charge on any atom is -0.351 e. The van der Waals surface area contributed by atoms with Crippen LogP contribution < -0.4 is 15.5 Å². The number of hydrogen-bond donors (Lipinski definition) is 3. The lowest BCUT2D eigenvalue weighted by Gasteiger charge is -2.16. The summed E-state index contributed by atoms with van der Waals surface area (Å²) in [5, 5.41) is 5.76. The first kappa shape index (κ1) is 18.2. The van der Waals surface area contributed by atoms with E-state index in [1.165, 1.54) is 5.56 Å². The molecule has 1 aromatic carbocycles. The highest BCUT2D eigenvalue weighted by Gasteiger charge is 2.15. The maximum absolute atomic E-state index is 11.9. The zero-order chi connectivity index (χ0) is 16.5. The molecule has 0 aliphatic heterocycles. The molecule has 122 valence electrons. The van der Waals surface area contributed by atoms with Crippen molar-refractivity contribution in [2.45, 2.75) is 32.7 Å². The summed E-state index contributed by atoms with van der Waals surface area (Å²) in [6, 6.07) is 10.2. The van der Waals surface area contributed by atoms with E-state index >= 15 is 0 Å². The molecular weight excluding hydrogens is 278 g/mol. The van der Waals surface area contributed by atoms with Crippen molar-refractivity contribution in [2.24, 2.45) is 0 Å². The fraction of sp³-hybridized carbons (Fsp3) is 0.529. The van der Waals surface area contributed by atoms with E-state index in [0.717, 1.165) is 4.90 Å². The van der Waals surface area contributed by atoms with Crippen LogP contribution in [0.3, 0.4) is 0 Å². The Kier molecular flexibility index (Phi) is 7.60. The molecule has 0 heterocycles. The molecule has 0 fully saturated rings. The molecule has 0 bridgehead atoms. The van der Waals surface area contributed by atoms with Crippen LogP contribution in [-0.4, -0.2) is 44.5 Å². The Bertz CT molecular complexity index is 474. The van der Waals surface area contributed by atoms with Gasteiger partial charge in [-0.1, -0.05) is 37.3 Å². The second-order valence-corrected chi connectivity index (χ2v) is 6.15. The molecule has 1 aromatic rings. The largest absolute Gasteiger partial charge is 0.351 e. The van der Waals surface area contributed by atoms with Crippen molar-refractivity contribution in [3.05, 3.63) is 35.9 Å². The van der Waals surface area contributed by atoms with Crippen molar-refractivity contribution in [3.8, 4) is 0 Å². The number of rotatable bonds is 8. The van der Waals surface area contributed by atoms with Gasteiger partial charge in [0.2, 0.25) is 0 Å². The van der Waals surface area contributed by atoms with E-state index < -0.39 is 0 Å². The molecule has 1 unspecified atom stereocenters. The molecule has 22 heavy (non-hydrogen) atoms. The highest BCUT2D eigenvalue weighted by molar-refractivity contribution is 5.79. The maximum atomic E-state index is 11.9. The average Bonchev–Trinajstić information content (AvgIpc) is 2.44. The number of amides is 2. The molecule has 5 nitrogen and oxygen atoms in total. The Morgan fingerprint density at radius 1 is 1.05 bits per heavy atom. The summed E-state index contributed by atoms with van der Waals surface area (Å²) < 4.78 is 0. The molecule has 5 heteroatoms. The highest BCUT2D eigenvalue weighted by atomic mass is 16.2. The predicted molar refractivity (Wildman–Crippen MR) is 87.8 cm³/mol. The summed E-state index contributed by atoms with van der Waals surface area (Å²) in [5.41, 5.74) is 1.21. The molecule has 0 aromatic heterocycles. The van der Waals surface area contributed by atoms with E-state index in [0.29, 0.717) is 19.6 Å². The quantitative estimate of drug-likeness (QED) is 0.630. The van der Waals surface area contributed by atoms with Crippen LogP contribution in [0.4, 0.5) is 0 Å². The lowest BCUT2D eigenvalue weighted by atomic mass is 10.0. The van der Waals surface area contributed by atoms with Crippen molar-refractivity contribution in [2.75, 3.05) is 26.7 Å². The van der Waals surface area contributed by atoms with E-state index in [1.807, 2.05) is 39.1 Å². The molecule has 2 atom stereocenters. The Hall–Kier alpha value is -1.88. The second-order valence-electron chi connectivity index (χ2n) is 6.15. The standard InChI is InChI=1S/C17H27N3O2/c1-13(2)19-17(22)12-20(4)11-16(21)18-10-14(3)15-8-6-5-7-9-15/h5-9,13-14H,10-12H2,1-4H3,(H,18,21)(H,19,22)/p+1/t14-/m1/s1. The van der Waals surface area contributed by atoms with Crippen molar-refractivity contribution in [1.82, 2.24) is 10.6 Å². The normalized spacial score (nSPS) is 13.5. The van der Waals surface area contributed by atoms with Crippen LogP contribution in [0.5, 0.6) is 0 Å². The van der Waals surface area contributed by atoms with Gasteiger partial charge in [0, 0.05) is 12.6 Å². The molecule has 0 spiro atoms. The van der Waals surface area contributed by atoms with E-state index in [4.69, 9.17) is 0 Å². The van der Waals surface area contributed by atoms with Gasteiger partial charge in [0.1, 0.15) is 0 Å². The van der Waals surface area contributed by atoms with Gasteiger partial charge >= 0.3 is 0 Å². The maximum Gasteiger partial charge on any atom is 0.275 e. The Labute approximate surface area is 133 Å². The molecule has 1 rings (SSSR count). The zero-order valence-corrected chi connectivity index (χ0v) is 14.0. The molecule has 0 aliphatic rings. The van der Waals surface area contributed by atoms with Gasteiger partial charge in [-0.05, 0) is 25.3 Å². The average molecular weight is 306 g/mol. The fourth-order valence-corrected chi connectivity index (χ4v) is 2.21. The highest BCUT2D eigenvalue weighted by Crippen LogP contribution is 2.12. The van der Waals surface area contributed by atoms with E-state index in [9.17, 15) is 9.59 Å². The first-order chi connectivity index (χ1) is 10.4. The molecule has 0 saturated carbocycles. The van der Waals surface area contributed by atoms with Gasteiger partial charge in [0.25, 0.3) is 11.8 Å². The van der Waals surface area contributed by atoms with Crippen LogP contribution in [-0.2, 0) is 9.59 Å². The van der Waals surface area contributed by atoms with Crippen molar-refractivity contribution in [3.63, 3.8) is 0 Å². The van der Waals surface area contributed by atoms with Gasteiger partial charge in [-0.2, -0.15) is 0 Å². The van der Waals surface area contributed by atoms with Crippen LogP contribution in [0.2, 0.25) is 0 Å². The minimum atomic E-state index is -0.0300. The second kappa shape index (κ2) is 9.20. The summed E-state index contributed by atoms with van der Waals surface area (Å²) in [4.78, 5) is 24.4. The van der Waals surface area contributed by atoms with Crippen LogP contribution >= 0.6 is 0 Å². The third-order valence-corrected chi connectivity index (χ3v) is 3.35. The molecular formula is C17H28N3O2+. The lowest BCUT2D eigenvalue weighted by Crippen LogP contribution is -3.11. The van der Waals surface area contributed by atoms with E-state index in [1.54, 1.807) is 0 Å². The number of quaternary nitrogens is 1. The van der Waals surface area contributed by atoms with Crippen molar-refractivity contribution >= 4 is 11.8 Å².